The van der Waals surface area contributed by atoms with Crippen molar-refractivity contribution >= 4 is 5.96 Å². The van der Waals surface area contributed by atoms with Crippen LogP contribution in [0.25, 0.3) is 0 Å². The quantitative estimate of drug-likeness (QED) is 0.541. The molecule has 0 atom stereocenters. The van der Waals surface area contributed by atoms with Gasteiger partial charge in [0.05, 0.1) is 12.2 Å². The lowest BCUT2D eigenvalue weighted by Crippen LogP contribution is -2.49. The molecule has 0 saturated carbocycles. The second-order valence-electron chi connectivity index (χ2n) is 8.01. The molecular formula is C21H40N6. The first-order valence-electron chi connectivity index (χ1n) is 10.8. The van der Waals surface area contributed by atoms with Crippen LogP contribution in [-0.2, 0) is 26.4 Å². The van der Waals surface area contributed by atoms with E-state index in [9.17, 15) is 0 Å². The fraction of sp³-hybridized carbons (Fsp3) is 0.810. The van der Waals surface area contributed by atoms with E-state index in [0.717, 1.165) is 31.3 Å². The summed E-state index contributed by atoms with van der Waals surface area (Å²) in [5.41, 5.74) is 3.77. The van der Waals surface area contributed by atoms with Gasteiger partial charge in [-0.2, -0.15) is 5.10 Å². The summed E-state index contributed by atoms with van der Waals surface area (Å²) in [5, 5.41) is 11.8. The smallest absolute Gasteiger partial charge is 0.191 e. The molecule has 0 radical (unpaired) electrons. The van der Waals surface area contributed by atoms with Gasteiger partial charge in [0.25, 0.3) is 0 Å². The van der Waals surface area contributed by atoms with Gasteiger partial charge < -0.3 is 15.5 Å². The molecular weight excluding hydrogens is 336 g/mol. The average Bonchev–Trinajstić information content (AvgIpc) is 2.95. The van der Waals surface area contributed by atoms with Crippen LogP contribution in [0.15, 0.2) is 4.99 Å². The number of rotatable bonds is 8. The third-order valence-electron chi connectivity index (χ3n) is 5.32. The summed E-state index contributed by atoms with van der Waals surface area (Å²) in [4.78, 5) is 7.49. The monoisotopic (exact) mass is 376 g/mol. The van der Waals surface area contributed by atoms with Gasteiger partial charge >= 0.3 is 0 Å². The molecule has 2 rings (SSSR count). The Labute approximate surface area is 165 Å². The Bertz CT molecular complexity index is 596. The van der Waals surface area contributed by atoms with Crippen molar-refractivity contribution in [2.75, 3.05) is 26.2 Å². The summed E-state index contributed by atoms with van der Waals surface area (Å²) in [6, 6.07) is 0.511. The van der Waals surface area contributed by atoms with E-state index in [1.165, 1.54) is 49.4 Å². The zero-order chi connectivity index (χ0) is 19.8. The molecule has 0 unspecified atom stereocenters. The Hall–Kier alpha value is -1.56. The number of aromatic nitrogens is 2. The molecule has 2 heterocycles. The largest absolute Gasteiger partial charge is 0.357 e. The fourth-order valence-electron chi connectivity index (χ4n) is 4.02. The molecule has 1 fully saturated rings. The van der Waals surface area contributed by atoms with Crippen LogP contribution in [-0.4, -0.2) is 52.9 Å². The van der Waals surface area contributed by atoms with Crippen molar-refractivity contribution in [3.8, 4) is 0 Å². The van der Waals surface area contributed by atoms with Crippen molar-refractivity contribution in [2.45, 2.75) is 72.9 Å². The van der Waals surface area contributed by atoms with Gasteiger partial charge in [0, 0.05) is 50.5 Å². The van der Waals surface area contributed by atoms with Gasteiger partial charge in [-0.05, 0) is 38.5 Å². The number of hydrogen-bond acceptors (Lipinski definition) is 3. The van der Waals surface area contributed by atoms with Gasteiger partial charge in [-0.3, -0.25) is 4.68 Å². The van der Waals surface area contributed by atoms with E-state index in [1.54, 1.807) is 0 Å². The SMILES string of the molecule is CCNC(=NCc1c(CC)nn(C)c1CC)NC1CCN(CC(C)C)CC1. The number of nitrogens with zero attached hydrogens (tertiary/aromatic N) is 4. The van der Waals surface area contributed by atoms with Crippen LogP contribution in [0.2, 0.25) is 0 Å². The Morgan fingerprint density at radius 3 is 2.44 bits per heavy atom. The molecule has 27 heavy (non-hydrogen) atoms. The highest BCUT2D eigenvalue weighted by molar-refractivity contribution is 5.80. The molecule has 1 saturated heterocycles. The van der Waals surface area contributed by atoms with Crippen molar-refractivity contribution in [3.63, 3.8) is 0 Å². The Morgan fingerprint density at radius 1 is 1.19 bits per heavy atom. The third-order valence-corrected chi connectivity index (χ3v) is 5.32. The number of nitrogens with one attached hydrogen (secondary N) is 2. The summed E-state index contributed by atoms with van der Waals surface area (Å²) >= 11 is 0. The van der Waals surface area contributed by atoms with Crippen molar-refractivity contribution in [2.24, 2.45) is 18.0 Å². The second-order valence-corrected chi connectivity index (χ2v) is 8.01. The van der Waals surface area contributed by atoms with Crippen LogP contribution in [0.4, 0.5) is 0 Å². The Kier molecular flexibility index (Phi) is 8.61. The highest BCUT2D eigenvalue weighted by Gasteiger charge is 2.20. The normalized spacial score (nSPS) is 16.9. The van der Waals surface area contributed by atoms with Gasteiger partial charge in [-0.25, -0.2) is 4.99 Å². The lowest BCUT2D eigenvalue weighted by atomic mass is 10.0. The van der Waals surface area contributed by atoms with E-state index in [0.29, 0.717) is 12.6 Å². The molecule has 0 aromatic carbocycles. The molecule has 154 valence electrons. The molecule has 1 aromatic heterocycles. The van der Waals surface area contributed by atoms with Gasteiger partial charge in [-0.15, -0.1) is 0 Å². The first kappa shape index (κ1) is 21.7. The van der Waals surface area contributed by atoms with Crippen LogP contribution in [0.3, 0.4) is 0 Å². The molecule has 0 amide bonds. The van der Waals surface area contributed by atoms with E-state index in [4.69, 9.17) is 4.99 Å². The molecule has 0 aliphatic carbocycles. The molecule has 1 aliphatic rings. The highest BCUT2D eigenvalue weighted by Crippen LogP contribution is 2.17. The highest BCUT2D eigenvalue weighted by atomic mass is 15.3. The van der Waals surface area contributed by atoms with Crippen LogP contribution in [0.1, 0.15) is 64.4 Å². The summed E-state index contributed by atoms with van der Waals surface area (Å²) in [5.74, 6) is 1.68. The van der Waals surface area contributed by atoms with Gasteiger partial charge in [-0.1, -0.05) is 27.7 Å². The molecule has 1 aliphatic heterocycles. The van der Waals surface area contributed by atoms with E-state index >= 15 is 0 Å². The van der Waals surface area contributed by atoms with Crippen LogP contribution >= 0.6 is 0 Å². The van der Waals surface area contributed by atoms with Gasteiger partial charge in [0.1, 0.15) is 0 Å². The number of guanidine groups is 1. The number of aryl methyl sites for hydroxylation is 2. The second kappa shape index (κ2) is 10.7. The minimum atomic E-state index is 0.511. The minimum absolute atomic E-state index is 0.511. The average molecular weight is 377 g/mol. The zero-order valence-electron chi connectivity index (χ0n) is 18.3. The molecule has 6 heteroatoms. The molecule has 1 aromatic rings. The molecule has 6 nitrogen and oxygen atoms in total. The zero-order valence-corrected chi connectivity index (χ0v) is 18.3. The first-order valence-corrected chi connectivity index (χ1v) is 10.8. The minimum Gasteiger partial charge on any atom is -0.357 e. The predicted molar refractivity (Wildman–Crippen MR) is 114 cm³/mol. The topological polar surface area (TPSA) is 57.5 Å². The summed E-state index contributed by atoms with van der Waals surface area (Å²) in [6.45, 7) is 16.2. The molecule has 0 bridgehead atoms. The third kappa shape index (κ3) is 6.23. The Balaban J connectivity index is 1.99. The summed E-state index contributed by atoms with van der Waals surface area (Å²) in [6.07, 6.45) is 4.32. The lowest BCUT2D eigenvalue weighted by Gasteiger charge is -2.34. The number of aliphatic imine (C=N–C) groups is 1. The maximum atomic E-state index is 4.90. The number of likely N-dealkylation sites (tertiary alicyclic amines) is 1. The van der Waals surface area contributed by atoms with Crippen LogP contribution in [0, 0.1) is 5.92 Å². The van der Waals surface area contributed by atoms with Crippen LogP contribution < -0.4 is 10.6 Å². The van der Waals surface area contributed by atoms with Crippen molar-refractivity contribution in [1.82, 2.24) is 25.3 Å². The van der Waals surface area contributed by atoms with E-state index in [2.05, 4.69) is 55.3 Å². The maximum absolute atomic E-state index is 4.90. The maximum Gasteiger partial charge on any atom is 0.191 e. The van der Waals surface area contributed by atoms with Crippen molar-refractivity contribution in [1.29, 1.82) is 0 Å². The number of hydrogen-bond donors (Lipinski definition) is 2. The molecule has 0 spiro atoms. The van der Waals surface area contributed by atoms with E-state index in [1.807, 2.05) is 11.7 Å². The van der Waals surface area contributed by atoms with Gasteiger partial charge in [0.2, 0.25) is 0 Å². The van der Waals surface area contributed by atoms with Crippen LogP contribution in [0.5, 0.6) is 0 Å². The Morgan fingerprint density at radius 2 is 1.89 bits per heavy atom. The van der Waals surface area contributed by atoms with E-state index < -0.39 is 0 Å². The molecule has 2 N–H and O–H groups in total. The fourth-order valence-corrected chi connectivity index (χ4v) is 4.02. The van der Waals surface area contributed by atoms with Crippen molar-refractivity contribution in [3.05, 3.63) is 17.0 Å². The standard InChI is InChI=1S/C21H40N6/c1-7-19-18(20(8-2)26(6)25-19)14-23-21(22-9-3)24-17-10-12-27(13-11-17)15-16(4)5/h16-17H,7-15H2,1-6H3,(H2,22,23,24). The van der Waals surface area contributed by atoms with Crippen molar-refractivity contribution < 1.29 is 0 Å². The summed E-state index contributed by atoms with van der Waals surface area (Å²) in [7, 11) is 2.04. The first-order chi connectivity index (χ1) is 13.0. The number of piperidine rings is 1. The predicted octanol–water partition coefficient (Wildman–Crippen LogP) is 2.72. The van der Waals surface area contributed by atoms with E-state index in [-0.39, 0.29) is 0 Å². The summed E-state index contributed by atoms with van der Waals surface area (Å²) < 4.78 is 2.02. The lowest BCUT2D eigenvalue weighted by molar-refractivity contribution is 0.187. The van der Waals surface area contributed by atoms with Gasteiger partial charge in [0.15, 0.2) is 5.96 Å².